The lowest BCUT2D eigenvalue weighted by molar-refractivity contribution is 0.0922. The number of carbonyl (C=O) groups excluding carboxylic acids is 1. The molecule has 0 aliphatic carbocycles. The number of ketones is 1. The molecule has 0 unspecified atom stereocenters. The summed E-state index contributed by atoms with van der Waals surface area (Å²) >= 11 is 0. The second-order valence-corrected chi connectivity index (χ2v) is 9.08. The van der Waals surface area contributed by atoms with E-state index in [1.54, 1.807) is 13.2 Å². The predicted molar refractivity (Wildman–Crippen MR) is 139 cm³/mol. The quantitative estimate of drug-likeness (QED) is 0.153. The molecule has 0 radical (unpaired) electrons. The van der Waals surface area contributed by atoms with Gasteiger partial charge >= 0.3 is 5.63 Å². The number of benzene rings is 2. The van der Waals surface area contributed by atoms with Crippen molar-refractivity contribution in [3.8, 4) is 11.5 Å². The number of aryl methyl sites for hydroxylation is 2. The Bertz CT molecular complexity index is 1440. The maximum absolute atomic E-state index is 13.2. The molecule has 0 aliphatic rings. The maximum Gasteiger partial charge on any atom is 0.339 e. The molecule has 0 amide bonds. The monoisotopic (exact) mass is 475 g/mol. The first-order valence-corrected chi connectivity index (χ1v) is 12.2. The topological polar surface area (TPSA) is 70.7 Å². The van der Waals surface area contributed by atoms with Crippen molar-refractivity contribution >= 4 is 27.7 Å². The Labute approximate surface area is 205 Å². The van der Waals surface area contributed by atoms with Crippen LogP contribution < -0.4 is 15.1 Å². The van der Waals surface area contributed by atoms with Crippen molar-refractivity contribution in [2.75, 3.05) is 13.7 Å². The SMILES string of the molecule is CCCCCCc1c(C)c2ccc(OCC(=O)c3c(C)n(C)c4ccc(OC)cc34)cc2oc1=O. The number of hydrogen-bond donors (Lipinski definition) is 0. The minimum atomic E-state index is -0.292. The Morgan fingerprint density at radius 1 is 1.00 bits per heavy atom. The smallest absolute Gasteiger partial charge is 0.339 e. The highest BCUT2D eigenvalue weighted by Crippen LogP contribution is 2.30. The van der Waals surface area contributed by atoms with E-state index in [1.165, 1.54) is 6.42 Å². The highest BCUT2D eigenvalue weighted by Gasteiger charge is 2.20. The van der Waals surface area contributed by atoms with Crippen molar-refractivity contribution < 1.29 is 18.7 Å². The molecule has 4 rings (SSSR count). The van der Waals surface area contributed by atoms with Gasteiger partial charge in [-0.05, 0) is 62.6 Å². The fraction of sp³-hybridized carbons (Fsp3) is 0.379. The second-order valence-electron chi connectivity index (χ2n) is 9.08. The van der Waals surface area contributed by atoms with E-state index in [-0.39, 0.29) is 18.0 Å². The van der Waals surface area contributed by atoms with Gasteiger partial charge in [0, 0.05) is 46.2 Å². The zero-order chi connectivity index (χ0) is 25.1. The number of fused-ring (bicyclic) bond motifs is 2. The number of Topliss-reactive ketones (excluding diaryl/α,β-unsaturated/α-hetero) is 1. The van der Waals surface area contributed by atoms with E-state index >= 15 is 0 Å². The predicted octanol–water partition coefficient (Wildman–Crippen LogP) is 6.29. The average molecular weight is 476 g/mol. The minimum Gasteiger partial charge on any atom is -0.497 e. The highest BCUT2D eigenvalue weighted by molar-refractivity contribution is 6.10. The molecule has 35 heavy (non-hydrogen) atoms. The first-order valence-electron chi connectivity index (χ1n) is 12.2. The van der Waals surface area contributed by atoms with Gasteiger partial charge in [0.05, 0.1) is 7.11 Å². The highest BCUT2D eigenvalue weighted by atomic mass is 16.5. The Morgan fingerprint density at radius 3 is 2.51 bits per heavy atom. The molecule has 2 heterocycles. The summed E-state index contributed by atoms with van der Waals surface area (Å²) in [4.78, 5) is 25.8. The van der Waals surface area contributed by atoms with Crippen molar-refractivity contribution in [2.24, 2.45) is 7.05 Å². The summed E-state index contributed by atoms with van der Waals surface area (Å²) in [5, 5.41) is 1.73. The number of rotatable bonds is 10. The Morgan fingerprint density at radius 2 is 1.77 bits per heavy atom. The lowest BCUT2D eigenvalue weighted by atomic mass is 10.0. The summed E-state index contributed by atoms with van der Waals surface area (Å²) in [5.41, 5.74) is 4.33. The number of unbranched alkanes of at least 4 members (excludes halogenated alkanes) is 3. The first kappa shape index (κ1) is 24.6. The molecule has 0 aliphatic heterocycles. The van der Waals surface area contributed by atoms with E-state index in [9.17, 15) is 9.59 Å². The minimum absolute atomic E-state index is 0.124. The van der Waals surface area contributed by atoms with Crippen LogP contribution in [-0.4, -0.2) is 24.1 Å². The molecule has 0 spiro atoms. The van der Waals surface area contributed by atoms with E-state index in [0.29, 0.717) is 22.6 Å². The van der Waals surface area contributed by atoms with Crippen LogP contribution in [0.25, 0.3) is 21.9 Å². The molecule has 0 bridgehead atoms. The summed E-state index contributed by atoms with van der Waals surface area (Å²) in [6.07, 6.45) is 5.14. The van der Waals surface area contributed by atoms with Crippen LogP contribution in [0.5, 0.6) is 11.5 Å². The Hall–Kier alpha value is -3.54. The third-order valence-electron chi connectivity index (χ3n) is 6.89. The summed E-state index contributed by atoms with van der Waals surface area (Å²) in [6, 6.07) is 11.1. The molecule has 0 N–H and O–H groups in total. The van der Waals surface area contributed by atoms with Crippen LogP contribution in [0.3, 0.4) is 0 Å². The number of ether oxygens (including phenoxy) is 2. The molecule has 0 saturated heterocycles. The van der Waals surface area contributed by atoms with Gasteiger partial charge in [-0.15, -0.1) is 0 Å². The molecule has 0 saturated carbocycles. The lowest BCUT2D eigenvalue weighted by Gasteiger charge is -2.10. The summed E-state index contributed by atoms with van der Waals surface area (Å²) in [7, 11) is 3.55. The van der Waals surface area contributed by atoms with Crippen LogP contribution in [0, 0.1) is 13.8 Å². The van der Waals surface area contributed by atoms with Crippen molar-refractivity contribution in [3.05, 3.63) is 69.2 Å². The van der Waals surface area contributed by atoms with E-state index in [0.717, 1.165) is 58.8 Å². The third-order valence-corrected chi connectivity index (χ3v) is 6.89. The Balaban J connectivity index is 1.55. The van der Waals surface area contributed by atoms with Gasteiger partial charge in [0.1, 0.15) is 17.1 Å². The van der Waals surface area contributed by atoms with Crippen molar-refractivity contribution in [2.45, 2.75) is 52.9 Å². The van der Waals surface area contributed by atoms with Gasteiger partial charge in [-0.2, -0.15) is 0 Å². The number of aromatic nitrogens is 1. The van der Waals surface area contributed by atoms with Crippen LogP contribution in [0.2, 0.25) is 0 Å². The molecule has 6 heteroatoms. The van der Waals surface area contributed by atoms with Crippen LogP contribution in [0.15, 0.2) is 45.6 Å². The van der Waals surface area contributed by atoms with Gasteiger partial charge in [-0.3, -0.25) is 4.79 Å². The molecule has 4 aromatic rings. The summed E-state index contributed by atoms with van der Waals surface area (Å²) in [5.74, 6) is 1.06. The van der Waals surface area contributed by atoms with Gasteiger partial charge in [0.25, 0.3) is 0 Å². The number of carbonyl (C=O) groups is 1. The van der Waals surface area contributed by atoms with Crippen molar-refractivity contribution in [1.29, 1.82) is 0 Å². The summed E-state index contributed by atoms with van der Waals surface area (Å²) < 4.78 is 18.8. The molecule has 0 atom stereocenters. The van der Waals surface area contributed by atoms with E-state index in [2.05, 4.69) is 6.92 Å². The van der Waals surface area contributed by atoms with E-state index < -0.39 is 0 Å². The van der Waals surface area contributed by atoms with Crippen molar-refractivity contribution in [3.63, 3.8) is 0 Å². The largest absolute Gasteiger partial charge is 0.497 e. The van der Waals surface area contributed by atoms with Crippen molar-refractivity contribution in [1.82, 2.24) is 4.57 Å². The molecular weight excluding hydrogens is 442 g/mol. The van der Waals surface area contributed by atoms with E-state index in [1.807, 2.05) is 55.8 Å². The number of hydrogen-bond acceptors (Lipinski definition) is 5. The summed E-state index contributed by atoms with van der Waals surface area (Å²) in [6.45, 7) is 5.94. The van der Waals surface area contributed by atoms with Gasteiger partial charge < -0.3 is 18.5 Å². The van der Waals surface area contributed by atoms with E-state index in [4.69, 9.17) is 13.9 Å². The third kappa shape index (κ3) is 4.83. The number of nitrogens with zero attached hydrogens (tertiary/aromatic N) is 1. The van der Waals surface area contributed by atoms with Crippen LogP contribution in [0.1, 0.15) is 59.8 Å². The fourth-order valence-corrected chi connectivity index (χ4v) is 4.73. The normalized spacial score (nSPS) is 11.3. The average Bonchev–Trinajstić information content (AvgIpc) is 3.10. The maximum atomic E-state index is 13.2. The molecule has 6 nitrogen and oxygen atoms in total. The molecular formula is C29H33NO5. The molecule has 2 aromatic heterocycles. The molecule has 2 aromatic carbocycles. The fourth-order valence-electron chi connectivity index (χ4n) is 4.73. The van der Waals surface area contributed by atoms with Gasteiger partial charge in [0.2, 0.25) is 5.78 Å². The standard InChI is InChI=1S/C29H33NO5/c1-6-7-8-9-10-23-18(2)22-13-11-21(16-27(22)35-29(23)32)34-17-26(31)28-19(3)30(4)25-14-12-20(33-5)15-24(25)28/h11-16H,6-10,17H2,1-5H3. The number of methoxy groups -OCH3 is 1. The zero-order valence-corrected chi connectivity index (χ0v) is 21.2. The molecule has 0 fully saturated rings. The zero-order valence-electron chi connectivity index (χ0n) is 21.2. The van der Waals surface area contributed by atoms with Gasteiger partial charge in [-0.25, -0.2) is 4.79 Å². The molecule has 184 valence electrons. The van der Waals surface area contributed by atoms with Crippen LogP contribution in [-0.2, 0) is 13.5 Å². The first-order chi connectivity index (χ1) is 16.8. The van der Waals surface area contributed by atoms with Crippen LogP contribution >= 0.6 is 0 Å². The second kappa shape index (κ2) is 10.4. The lowest BCUT2D eigenvalue weighted by Crippen LogP contribution is -2.13. The van der Waals surface area contributed by atoms with Gasteiger partial charge in [-0.1, -0.05) is 26.2 Å². The Kier molecular flexibility index (Phi) is 7.29. The van der Waals surface area contributed by atoms with Gasteiger partial charge in [0.15, 0.2) is 6.61 Å². The van der Waals surface area contributed by atoms with Crippen LogP contribution in [0.4, 0.5) is 0 Å².